The molecule has 2 N–H and O–H groups in total. The van der Waals surface area contributed by atoms with E-state index in [2.05, 4.69) is 83.1 Å². The van der Waals surface area contributed by atoms with Crippen molar-refractivity contribution in [3.05, 3.63) is 27.7 Å². The second-order valence-electron chi connectivity index (χ2n) is 10.0. The van der Waals surface area contributed by atoms with Gasteiger partial charge < -0.3 is 33.2 Å². The third-order valence-corrected chi connectivity index (χ3v) is 6.58. The first-order chi connectivity index (χ1) is 15.2. The third-order valence-electron chi connectivity index (χ3n) is 6.58. The van der Waals surface area contributed by atoms with Crippen molar-refractivity contribution in [2.24, 2.45) is 23.7 Å². The number of unbranched alkanes of at least 4 members (excludes halogenated alkanes) is 4. The van der Waals surface area contributed by atoms with E-state index in [0.717, 1.165) is 49.4 Å². The first-order valence-electron chi connectivity index (χ1n) is 14.4. The molecule has 0 aromatic carbocycles. The first kappa shape index (κ1) is 47.8. The third kappa shape index (κ3) is 53.8. The quantitative estimate of drug-likeness (QED) is 0.144. The van der Waals surface area contributed by atoms with Crippen LogP contribution in [0, 0.1) is 51.4 Å². The van der Waals surface area contributed by atoms with E-state index < -0.39 is 0 Å². The molecule has 34 heavy (non-hydrogen) atoms. The molecule has 0 aromatic heterocycles. The minimum Gasteiger partial charge on any atom is -0.412 e. The Bertz CT molecular complexity index is 226. The van der Waals surface area contributed by atoms with Gasteiger partial charge in [-0.15, -0.1) is 0 Å². The van der Waals surface area contributed by atoms with Gasteiger partial charge in [0.25, 0.3) is 0 Å². The molecular weight excluding hydrogens is 448 g/mol. The van der Waals surface area contributed by atoms with Gasteiger partial charge in [0.15, 0.2) is 0 Å². The second-order valence-corrected chi connectivity index (χ2v) is 10.0. The molecule has 0 aromatic rings. The Labute approximate surface area is 236 Å². The molecule has 0 bridgehead atoms. The van der Waals surface area contributed by atoms with Crippen LogP contribution < -0.4 is 0 Å². The SMILES string of the molecule is O.[CH2-]CCCC(C)CC.[CH2-]CCCC(C)CC.[CH2-]CCCC(C)CC.[CH2-]CCCC(C)CC.[Ti+4]. The molecule has 0 spiro atoms. The summed E-state index contributed by atoms with van der Waals surface area (Å²) in [6.07, 6.45) is 20.3. The average Bonchev–Trinajstić information content (AvgIpc) is 2.83. The molecule has 0 amide bonds. The zero-order chi connectivity index (χ0) is 25.6. The number of hydrogen-bond donors (Lipinski definition) is 0. The predicted molar refractivity (Wildman–Crippen MR) is 158 cm³/mol. The van der Waals surface area contributed by atoms with Crippen LogP contribution in [0.3, 0.4) is 0 Å². The van der Waals surface area contributed by atoms with Gasteiger partial charge in [-0.3, -0.25) is 0 Å². The molecule has 4 atom stereocenters. The van der Waals surface area contributed by atoms with Gasteiger partial charge in [0.05, 0.1) is 0 Å². The zero-order valence-corrected chi connectivity index (χ0v) is 27.0. The second kappa shape index (κ2) is 43.7. The van der Waals surface area contributed by atoms with Gasteiger partial charge in [-0.1, -0.05) is 132 Å². The van der Waals surface area contributed by atoms with E-state index >= 15 is 0 Å². The summed E-state index contributed by atoms with van der Waals surface area (Å²) in [6.45, 7) is 33.3. The van der Waals surface area contributed by atoms with E-state index in [1.54, 1.807) is 0 Å². The summed E-state index contributed by atoms with van der Waals surface area (Å²) in [7, 11) is 0. The fraction of sp³-hybridized carbons (Fsp3) is 0.875. The van der Waals surface area contributed by atoms with Crippen LogP contribution in [0.15, 0.2) is 0 Å². The van der Waals surface area contributed by atoms with E-state index in [9.17, 15) is 0 Å². The molecule has 0 aliphatic rings. The normalized spacial score (nSPS) is 13.1. The van der Waals surface area contributed by atoms with E-state index in [-0.39, 0.29) is 27.2 Å². The molecule has 4 unspecified atom stereocenters. The van der Waals surface area contributed by atoms with Crippen LogP contribution in [0.25, 0.3) is 0 Å². The summed E-state index contributed by atoms with van der Waals surface area (Å²) in [6, 6.07) is 0. The minimum absolute atomic E-state index is 0. The summed E-state index contributed by atoms with van der Waals surface area (Å²) in [5.41, 5.74) is 0. The molecule has 0 aliphatic carbocycles. The van der Waals surface area contributed by atoms with E-state index in [1.165, 1.54) is 77.0 Å². The molecule has 0 fully saturated rings. The van der Waals surface area contributed by atoms with Crippen molar-refractivity contribution >= 4 is 0 Å². The van der Waals surface area contributed by atoms with Crippen molar-refractivity contribution in [2.45, 2.75) is 158 Å². The summed E-state index contributed by atoms with van der Waals surface area (Å²) >= 11 is 0. The maximum absolute atomic E-state index is 3.79. The Hall–Kier alpha value is 0.674. The van der Waals surface area contributed by atoms with Crippen LogP contribution in [0.5, 0.6) is 0 Å². The first-order valence-corrected chi connectivity index (χ1v) is 14.4. The van der Waals surface area contributed by atoms with Crippen molar-refractivity contribution in [1.29, 1.82) is 0 Å². The van der Waals surface area contributed by atoms with Crippen molar-refractivity contribution in [1.82, 2.24) is 0 Å². The molecule has 2 heteroatoms. The van der Waals surface area contributed by atoms with Crippen LogP contribution in [0.1, 0.15) is 158 Å². The topological polar surface area (TPSA) is 31.5 Å². The smallest absolute Gasteiger partial charge is 0.412 e. The van der Waals surface area contributed by atoms with Crippen LogP contribution in [-0.4, -0.2) is 5.48 Å². The molecule has 0 aliphatic heterocycles. The molecule has 0 saturated carbocycles. The van der Waals surface area contributed by atoms with Gasteiger partial charge in [-0.05, 0) is 23.7 Å². The maximum Gasteiger partial charge on any atom is 4.00 e. The molecule has 0 saturated heterocycles. The largest absolute Gasteiger partial charge is 4.00 e. The molecule has 208 valence electrons. The summed E-state index contributed by atoms with van der Waals surface area (Å²) in [5, 5.41) is 0. The summed E-state index contributed by atoms with van der Waals surface area (Å²) in [4.78, 5) is 0. The summed E-state index contributed by atoms with van der Waals surface area (Å²) < 4.78 is 0. The Morgan fingerprint density at radius 1 is 0.412 bits per heavy atom. The molecule has 0 radical (unpaired) electrons. The Morgan fingerprint density at radius 3 is 0.647 bits per heavy atom. The predicted octanol–water partition coefficient (Wildman–Crippen LogP) is 11.3. The number of hydrogen-bond acceptors (Lipinski definition) is 0. The van der Waals surface area contributed by atoms with Gasteiger partial charge in [-0.2, -0.15) is 25.7 Å². The fourth-order valence-corrected chi connectivity index (χ4v) is 2.79. The van der Waals surface area contributed by atoms with Gasteiger partial charge in [0.1, 0.15) is 0 Å². The van der Waals surface area contributed by atoms with Gasteiger partial charge in [-0.25, -0.2) is 0 Å². The van der Waals surface area contributed by atoms with Gasteiger partial charge in [0.2, 0.25) is 0 Å². The fourth-order valence-electron chi connectivity index (χ4n) is 2.79. The Morgan fingerprint density at radius 2 is 0.559 bits per heavy atom. The van der Waals surface area contributed by atoms with Crippen LogP contribution in [0.2, 0.25) is 0 Å². The maximum atomic E-state index is 3.79. The molecule has 1 nitrogen and oxygen atoms in total. The van der Waals surface area contributed by atoms with Gasteiger partial charge >= 0.3 is 21.7 Å². The van der Waals surface area contributed by atoms with Crippen molar-refractivity contribution in [3.8, 4) is 0 Å². The van der Waals surface area contributed by atoms with Crippen LogP contribution >= 0.6 is 0 Å². The van der Waals surface area contributed by atoms with Crippen LogP contribution in [0.4, 0.5) is 0 Å². The average molecular weight is 519 g/mol. The van der Waals surface area contributed by atoms with Crippen molar-refractivity contribution in [2.75, 3.05) is 0 Å². The minimum atomic E-state index is 0. The Kier molecular flexibility index (Phi) is 61.5. The molecule has 0 heterocycles. The van der Waals surface area contributed by atoms with E-state index in [4.69, 9.17) is 0 Å². The monoisotopic (exact) mass is 518 g/mol. The molecule has 0 rings (SSSR count). The van der Waals surface area contributed by atoms with Crippen LogP contribution in [-0.2, 0) is 21.7 Å². The van der Waals surface area contributed by atoms with E-state index in [0.29, 0.717) is 0 Å². The van der Waals surface area contributed by atoms with Crippen molar-refractivity contribution in [3.63, 3.8) is 0 Å². The van der Waals surface area contributed by atoms with Gasteiger partial charge in [0, 0.05) is 0 Å². The standard InChI is InChI=1S/4C8H17.H2O.Ti/c4*1-4-6-7-8(3)5-2;;/h4*8H,1,4-7H2,2-3H3;1H2;/q4*-1;;+4. The number of rotatable bonds is 16. The van der Waals surface area contributed by atoms with Crippen molar-refractivity contribution < 1.29 is 27.2 Å². The zero-order valence-electron chi connectivity index (χ0n) is 25.5. The Balaban J connectivity index is -0.0000000754. The molecular formula is C32H70OTi. The van der Waals surface area contributed by atoms with E-state index in [1.807, 2.05) is 0 Å². The summed E-state index contributed by atoms with van der Waals surface area (Å²) in [5.74, 6) is 3.65.